The fourth-order valence-electron chi connectivity index (χ4n) is 1.57. The lowest BCUT2D eigenvalue weighted by Gasteiger charge is -2.10. The highest BCUT2D eigenvalue weighted by Crippen LogP contribution is 2.07. The minimum atomic E-state index is 0.716. The Bertz CT molecular complexity index is 311. The van der Waals surface area contributed by atoms with Gasteiger partial charge in [0, 0.05) is 25.4 Å². The second-order valence-corrected chi connectivity index (χ2v) is 4.69. The van der Waals surface area contributed by atoms with E-state index in [-0.39, 0.29) is 0 Å². The van der Waals surface area contributed by atoms with Crippen molar-refractivity contribution >= 4 is 0 Å². The third-order valence-corrected chi connectivity index (χ3v) is 2.55. The van der Waals surface area contributed by atoms with E-state index in [2.05, 4.69) is 42.3 Å². The van der Waals surface area contributed by atoms with Crippen molar-refractivity contribution < 1.29 is 4.74 Å². The molecular formula is C14H25N3O. The van der Waals surface area contributed by atoms with Gasteiger partial charge in [-0.05, 0) is 39.0 Å². The lowest BCUT2D eigenvalue weighted by atomic mass is 10.3. The molecule has 0 unspecified atom stereocenters. The van der Waals surface area contributed by atoms with E-state index < -0.39 is 0 Å². The molecule has 0 aromatic carbocycles. The summed E-state index contributed by atoms with van der Waals surface area (Å²) in [6.07, 6.45) is 4.05. The van der Waals surface area contributed by atoms with Crippen molar-refractivity contribution in [2.45, 2.75) is 26.3 Å². The maximum atomic E-state index is 5.58. The van der Waals surface area contributed by atoms with Gasteiger partial charge in [0.25, 0.3) is 0 Å². The van der Waals surface area contributed by atoms with Gasteiger partial charge in [0.2, 0.25) is 5.88 Å². The van der Waals surface area contributed by atoms with Crippen molar-refractivity contribution in [1.82, 2.24) is 15.2 Å². The van der Waals surface area contributed by atoms with Crippen LogP contribution in [0.5, 0.6) is 5.88 Å². The van der Waals surface area contributed by atoms with Gasteiger partial charge in [-0.15, -0.1) is 0 Å². The molecule has 18 heavy (non-hydrogen) atoms. The Morgan fingerprint density at radius 3 is 2.78 bits per heavy atom. The highest BCUT2D eigenvalue weighted by Gasteiger charge is 1.97. The smallest absolute Gasteiger partial charge is 0.213 e. The Hall–Kier alpha value is -1.13. The Morgan fingerprint density at radius 2 is 2.17 bits per heavy atom. The van der Waals surface area contributed by atoms with Crippen molar-refractivity contribution in [2.75, 3.05) is 33.8 Å². The van der Waals surface area contributed by atoms with Crippen molar-refractivity contribution in [1.29, 1.82) is 0 Å². The highest BCUT2D eigenvalue weighted by molar-refractivity contribution is 5.17. The number of hydrogen-bond donors (Lipinski definition) is 1. The zero-order valence-corrected chi connectivity index (χ0v) is 11.8. The molecule has 0 aliphatic carbocycles. The zero-order chi connectivity index (χ0) is 13.2. The lowest BCUT2D eigenvalue weighted by Crippen LogP contribution is -2.16. The summed E-state index contributed by atoms with van der Waals surface area (Å²) in [5.74, 6) is 0.716. The second-order valence-electron chi connectivity index (χ2n) is 4.69. The summed E-state index contributed by atoms with van der Waals surface area (Å²) >= 11 is 0. The molecule has 1 aromatic rings. The lowest BCUT2D eigenvalue weighted by molar-refractivity contribution is 0.273. The normalized spacial score (nSPS) is 10.9. The van der Waals surface area contributed by atoms with Crippen molar-refractivity contribution in [3.8, 4) is 5.88 Å². The van der Waals surface area contributed by atoms with E-state index in [0.717, 1.165) is 39.1 Å². The Morgan fingerprint density at radius 1 is 1.33 bits per heavy atom. The van der Waals surface area contributed by atoms with Crippen LogP contribution in [0.2, 0.25) is 0 Å². The maximum absolute atomic E-state index is 5.58. The van der Waals surface area contributed by atoms with E-state index in [1.807, 2.05) is 12.3 Å². The van der Waals surface area contributed by atoms with Crippen LogP contribution >= 0.6 is 0 Å². The number of aromatic nitrogens is 1. The maximum Gasteiger partial charge on any atom is 0.213 e. The van der Waals surface area contributed by atoms with Crippen LogP contribution in [0.3, 0.4) is 0 Å². The van der Waals surface area contributed by atoms with E-state index in [9.17, 15) is 0 Å². The summed E-state index contributed by atoms with van der Waals surface area (Å²) < 4.78 is 5.58. The molecular weight excluding hydrogens is 226 g/mol. The van der Waals surface area contributed by atoms with Gasteiger partial charge in [-0.1, -0.05) is 13.0 Å². The number of nitrogens with one attached hydrogen (secondary N) is 1. The average Bonchev–Trinajstić information content (AvgIpc) is 2.36. The SMILES string of the molecule is CCCNCc1ccc(OCCCN(C)C)nc1. The molecule has 1 heterocycles. The van der Waals surface area contributed by atoms with Crippen LogP contribution < -0.4 is 10.1 Å². The molecule has 0 bridgehead atoms. The molecule has 0 fully saturated rings. The number of ether oxygens (including phenoxy) is 1. The molecule has 4 nitrogen and oxygen atoms in total. The standard InChI is InChI=1S/C14H25N3O/c1-4-8-15-11-13-6-7-14(16-12-13)18-10-5-9-17(2)3/h6-7,12,15H,4-5,8-11H2,1-3H3. The van der Waals surface area contributed by atoms with Crippen molar-refractivity contribution in [2.24, 2.45) is 0 Å². The van der Waals surface area contributed by atoms with Crippen LogP contribution in [0, 0.1) is 0 Å². The zero-order valence-electron chi connectivity index (χ0n) is 11.8. The summed E-state index contributed by atoms with van der Waals surface area (Å²) in [6.45, 7) is 5.85. The van der Waals surface area contributed by atoms with Gasteiger partial charge in [-0.25, -0.2) is 4.98 Å². The van der Waals surface area contributed by atoms with Crippen LogP contribution in [-0.2, 0) is 6.54 Å². The summed E-state index contributed by atoms with van der Waals surface area (Å²) in [4.78, 5) is 6.45. The summed E-state index contributed by atoms with van der Waals surface area (Å²) in [5.41, 5.74) is 1.20. The molecule has 102 valence electrons. The van der Waals surface area contributed by atoms with Gasteiger partial charge < -0.3 is 15.0 Å². The first kappa shape index (κ1) is 14.9. The average molecular weight is 251 g/mol. The molecule has 1 rings (SSSR count). The summed E-state index contributed by atoms with van der Waals surface area (Å²) in [5, 5.41) is 3.35. The van der Waals surface area contributed by atoms with E-state index in [1.54, 1.807) is 0 Å². The minimum Gasteiger partial charge on any atom is -0.478 e. The number of pyridine rings is 1. The Balaban J connectivity index is 2.23. The number of nitrogens with zero attached hydrogens (tertiary/aromatic N) is 2. The number of rotatable bonds is 9. The monoisotopic (exact) mass is 251 g/mol. The Labute approximate surface area is 110 Å². The molecule has 0 atom stereocenters. The second kappa shape index (κ2) is 8.89. The quantitative estimate of drug-likeness (QED) is 0.680. The molecule has 0 aliphatic heterocycles. The predicted molar refractivity (Wildman–Crippen MR) is 74.9 cm³/mol. The molecule has 1 N–H and O–H groups in total. The van der Waals surface area contributed by atoms with Gasteiger partial charge in [0.05, 0.1) is 6.61 Å². The van der Waals surface area contributed by atoms with Gasteiger partial charge in [-0.2, -0.15) is 0 Å². The van der Waals surface area contributed by atoms with Crippen LogP contribution in [0.1, 0.15) is 25.3 Å². The largest absolute Gasteiger partial charge is 0.478 e. The fraction of sp³-hybridized carbons (Fsp3) is 0.643. The van der Waals surface area contributed by atoms with Crippen LogP contribution in [0.25, 0.3) is 0 Å². The minimum absolute atomic E-state index is 0.716. The van der Waals surface area contributed by atoms with E-state index in [1.165, 1.54) is 5.56 Å². The Kier molecular flexibility index (Phi) is 7.37. The predicted octanol–water partition coefficient (Wildman–Crippen LogP) is 1.91. The molecule has 0 radical (unpaired) electrons. The van der Waals surface area contributed by atoms with E-state index in [0.29, 0.717) is 5.88 Å². The highest BCUT2D eigenvalue weighted by atomic mass is 16.5. The first-order valence-corrected chi connectivity index (χ1v) is 6.65. The molecule has 1 aromatic heterocycles. The molecule has 0 amide bonds. The fourth-order valence-corrected chi connectivity index (χ4v) is 1.57. The topological polar surface area (TPSA) is 37.4 Å². The molecule has 0 spiro atoms. The molecule has 0 aliphatic rings. The molecule has 4 heteroatoms. The first-order valence-electron chi connectivity index (χ1n) is 6.65. The van der Waals surface area contributed by atoms with Crippen LogP contribution in [0.4, 0.5) is 0 Å². The third kappa shape index (κ3) is 6.57. The molecule has 0 saturated heterocycles. The van der Waals surface area contributed by atoms with E-state index in [4.69, 9.17) is 4.74 Å². The van der Waals surface area contributed by atoms with Crippen LogP contribution in [-0.4, -0.2) is 43.7 Å². The van der Waals surface area contributed by atoms with Gasteiger partial charge in [0.15, 0.2) is 0 Å². The van der Waals surface area contributed by atoms with Crippen molar-refractivity contribution in [3.63, 3.8) is 0 Å². The summed E-state index contributed by atoms with van der Waals surface area (Å²) in [7, 11) is 4.13. The van der Waals surface area contributed by atoms with Crippen LogP contribution in [0.15, 0.2) is 18.3 Å². The van der Waals surface area contributed by atoms with Gasteiger partial charge in [-0.3, -0.25) is 0 Å². The molecule has 0 saturated carbocycles. The van der Waals surface area contributed by atoms with E-state index >= 15 is 0 Å². The number of hydrogen-bond acceptors (Lipinski definition) is 4. The first-order chi connectivity index (χ1) is 8.72. The van der Waals surface area contributed by atoms with Crippen molar-refractivity contribution in [3.05, 3.63) is 23.9 Å². The summed E-state index contributed by atoms with van der Waals surface area (Å²) in [6, 6.07) is 4.01. The van der Waals surface area contributed by atoms with Gasteiger partial charge in [0.1, 0.15) is 0 Å². The van der Waals surface area contributed by atoms with Gasteiger partial charge >= 0.3 is 0 Å². The third-order valence-electron chi connectivity index (χ3n) is 2.55.